The molecule has 0 saturated heterocycles. The first kappa shape index (κ1) is 12.0. The zero-order valence-corrected chi connectivity index (χ0v) is 10.3. The molecule has 2 heterocycles. The van der Waals surface area contributed by atoms with Gasteiger partial charge in [-0.2, -0.15) is 0 Å². The summed E-state index contributed by atoms with van der Waals surface area (Å²) in [5.74, 6) is -0.431. The topological polar surface area (TPSA) is 87.7 Å². The first-order chi connectivity index (χ1) is 9.72. The number of carbonyl (C=O) groups is 1. The van der Waals surface area contributed by atoms with E-state index in [4.69, 9.17) is 0 Å². The van der Waals surface area contributed by atoms with Gasteiger partial charge in [-0.05, 0) is 24.3 Å². The minimum atomic E-state index is -0.431. The van der Waals surface area contributed by atoms with Crippen LogP contribution in [0.2, 0.25) is 0 Å². The van der Waals surface area contributed by atoms with Gasteiger partial charge in [0.15, 0.2) is 0 Å². The number of hydrogen-bond donors (Lipinski definition) is 2. The Morgan fingerprint density at radius 2 is 2.05 bits per heavy atom. The van der Waals surface area contributed by atoms with Gasteiger partial charge in [-0.25, -0.2) is 4.98 Å². The number of carbonyl (C=O) groups excluding carboxylic acids is 1. The normalized spacial score (nSPS) is 10.4. The maximum absolute atomic E-state index is 12.0. The summed E-state index contributed by atoms with van der Waals surface area (Å²) in [6.45, 7) is 0. The number of anilines is 1. The smallest absolute Gasteiger partial charge is 0.274 e. The minimum absolute atomic E-state index is 0.0695. The van der Waals surface area contributed by atoms with Crippen molar-refractivity contribution in [1.29, 1.82) is 0 Å². The number of nitrogens with zero attached hydrogens (tertiary/aromatic N) is 2. The molecule has 0 spiro atoms. The average Bonchev–Trinajstić information content (AvgIpc) is 2.47. The van der Waals surface area contributed by atoms with Crippen molar-refractivity contribution in [2.45, 2.75) is 0 Å². The van der Waals surface area contributed by atoms with Crippen LogP contribution in [0.4, 0.5) is 5.69 Å². The Morgan fingerprint density at radius 3 is 2.90 bits per heavy atom. The maximum Gasteiger partial charge on any atom is 0.274 e. The summed E-state index contributed by atoms with van der Waals surface area (Å²) in [7, 11) is 0. The van der Waals surface area contributed by atoms with Crippen LogP contribution in [0, 0.1) is 0 Å². The molecular formula is C14H10N4O2. The highest BCUT2D eigenvalue weighted by atomic mass is 16.2. The van der Waals surface area contributed by atoms with Crippen LogP contribution in [0.3, 0.4) is 0 Å². The Labute approximate surface area is 113 Å². The first-order valence-corrected chi connectivity index (χ1v) is 5.93. The minimum Gasteiger partial charge on any atom is -0.321 e. The predicted molar refractivity (Wildman–Crippen MR) is 74.6 cm³/mol. The fourth-order valence-corrected chi connectivity index (χ4v) is 1.84. The van der Waals surface area contributed by atoms with E-state index in [-0.39, 0.29) is 11.3 Å². The standard InChI is InChI=1S/C14H10N4O2/c19-13-7-12(16-8-17-13)14(20)18-10-3-4-11-9(6-10)2-1-5-15-11/h1-8H,(H,18,20)(H,16,17,19). The number of rotatable bonds is 2. The molecule has 0 bridgehead atoms. The molecule has 0 aliphatic carbocycles. The van der Waals surface area contributed by atoms with Gasteiger partial charge in [-0.3, -0.25) is 14.6 Å². The summed E-state index contributed by atoms with van der Waals surface area (Å²) in [6, 6.07) is 10.3. The summed E-state index contributed by atoms with van der Waals surface area (Å²) in [5, 5.41) is 3.62. The van der Waals surface area contributed by atoms with Crippen molar-refractivity contribution in [1.82, 2.24) is 15.0 Å². The largest absolute Gasteiger partial charge is 0.321 e. The quantitative estimate of drug-likeness (QED) is 0.737. The van der Waals surface area contributed by atoms with Crippen LogP contribution in [0.25, 0.3) is 10.9 Å². The van der Waals surface area contributed by atoms with Gasteiger partial charge in [0, 0.05) is 23.3 Å². The SMILES string of the molecule is O=C(Nc1ccc2ncccc2c1)c1cc(=O)[nH]cn1. The van der Waals surface area contributed by atoms with E-state index in [1.807, 2.05) is 24.3 Å². The zero-order valence-electron chi connectivity index (χ0n) is 10.3. The highest BCUT2D eigenvalue weighted by Crippen LogP contribution is 2.17. The molecule has 0 saturated carbocycles. The Kier molecular flexibility index (Phi) is 2.96. The molecule has 0 aliphatic rings. The molecule has 6 nitrogen and oxygen atoms in total. The lowest BCUT2D eigenvalue weighted by Gasteiger charge is -2.05. The van der Waals surface area contributed by atoms with E-state index >= 15 is 0 Å². The molecule has 6 heteroatoms. The second-order valence-electron chi connectivity index (χ2n) is 4.16. The third-order valence-electron chi connectivity index (χ3n) is 2.77. The van der Waals surface area contributed by atoms with Crippen LogP contribution >= 0.6 is 0 Å². The van der Waals surface area contributed by atoms with E-state index in [0.717, 1.165) is 17.0 Å². The molecule has 3 rings (SSSR count). The summed E-state index contributed by atoms with van der Waals surface area (Å²) in [4.78, 5) is 33.5. The molecule has 20 heavy (non-hydrogen) atoms. The van der Waals surface area contributed by atoms with Gasteiger partial charge in [0.1, 0.15) is 5.69 Å². The zero-order chi connectivity index (χ0) is 13.9. The van der Waals surface area contributed by atoms with Gasteiger partial charge in [-0.15, -0.1) is 0 Å². The monoisotopic (exact) mass is 266 g/mol. The van der Waals surface area contributed by atoms with Crippen molar-refractivity contribution >= 4 is 22.5 Å². The van der Waals surface area contributed by atoms with Gasteiger partial charge in [-0.1, -0.05) is 6.07 Å². The lowest BCUT2D eigenvalue weighted by atomic mass is 10.2. The molecule has 0 aliphatic heterocycles. The summed E-state index contributed by atoms with van der Waals surface area (Å²) in [6.07, 6.45) is 2.91. The number of fused-ring (bicyclic) bond motifs is 1. The molecule has 98 valence electrons. The van der Waals surface area contributed by atoms with Crippen molar-refractivity contribution in [2.24, 2.45) is 0 Å². The Balaban J connectivity index is 1.89. The third-order valence-corrected chi connectivity index (χ3v) is 2.77. The van der Waals surface area contributed by atoms with Gasteiger partial charge in [0.25, 0.3) is 11.5 Å². The molecule has 0 atom stereocenters. The molecular weight excluding hydrogens is 256 g/mol. The van der Waals surface area contributed by atoms with Crippen LogP contribution in [-0.4, -0.2) is 20.9 Å². The van der Waals surface area contributed by atoms with E-state index in [9.17, 15) is 9.59 Å². The highest BCUT2D eigenvalue weighted by molar-refractivity contribution is 6.03. The van der Waals surface area contributed by atoms with Crippen molar-refractivity contribution in [3.05, 3.63) is 65.0 Å². The Bertz CT molecular complexity index is 841. The number of hydrogen-bond acceptors (Lipinski definition) is 4. The highest BCUT2D eigenvalue weighted by Gasteiger charge is 2.08. The number of benzene rings is 1. The van der Waals surface area contributed by atoms with Gasteiger partial charge >= 0.3 is 0 Å². The van der Waals surface area contributed by atoms with Gasteiger partial charge in [0.2, 0.25) is 0 Å². The molecule has 0 fully saturated rings. The Hall–Kier alpha value is -3.02. The van der Waals surface area contributed by atoms with E-state index in [1.165, 1.54) is 6.33 Å². The van der Waals surface area contributed by atoms with Gasteiger partial charge in [0.05, 0.1) is 11.8 Å². The number of H-pyrrole nitrogens is 1. The molecule has 0 radical (unpaired) electrons. The molecule has 2 N–H and O–H groups in total. The Morgan fingerprint density at radius 1 is 1.15 bits per heavy atom. The molecule has 2 aromatic heterocycles. The molecule has 1 aromatic carbocycles. The van der Waals surface area contributed by atoms with Crippen LogP contribution in [-0.2, 0) is 0 Å². The number of nitrogens with one attached hydrogen (secondary N) is 2. The number of aromatic amines is 1. The van der Waals surface area contributed by atoms with Crippen LogP contribution in [0.5, 0.6) is 0 Å². The fourth-order valence-electron chi connectivity index (χ4n) is 1.84. The second-order valence-corrected chi connectivity index (χ2v) is 4.16. The van der Waals surface area contributed by atoms with Crippen molar-refractivity contribution in [3.8, 4) is 0 Å². The van der Waals surface area contributed by atoms with Crippen molar-refractivity contribution < 1.29 is 4.79 Å². The summed E-state index contributed by atoms with van der Waals surface area (Å²) >= 11 is 0. The van der Waals surface area contributed by atoms with E-state index in [1.54, 1.807) is 12.3 Å². The van der Waals surface area contributed by atoms with Crippen LogP contribution in [0.15, 0.2) is 53.7 Å². The van der Waals surface area contributed by atoms with Gasteiger partial charge < -0.3 is 10.3 Å². The molecule has 0 unspecified atom stereocenters. The summed E-state index contributed by atoms with van der Waals surface area (Å²) in [5.41, 5.74) is 1.17. The predicted octanol–water partition coefficient (Wildman–Crippen LogP) is 1.57. The average molecular weight is 266 g/mol. The maximum atomic E-state index is 12.0. The van der Waals surface area contributed by atoms with E-state index in [0.29, 0.717) is 5.69 Å². The third kappa shape index (κ3) is 2.39. The first-order valence-electron chi connectivity index (χ1n) is 5.93. The summed E-state index contributed by atoms with van der Waals surface area (Å²) < 4.78 is 0. The molecule has 3 aromatic rings. The second kappa shape index (κ2) is 4.93. The fraction of sp³-hybridized carbons (Fsp3) is 0. The van der Waals surface area contributed by atoms with E-state index in [2.05, 4.69) is 20.3 Å². The van der Waals surface area contributed by atoms with Crippen LogP contribution < -0.4 is 10.9 Å². The van der Waals surface area contributed by atoms with Crippen molar-refractivity contribution in [2.75, 3.05) is 5.32 Å². The van der Waals surface area contributed by atoms with E-state index < -0.39 is 5.91 Å². The number of amides is 1. The molecule has 1 amide bonds. The number of aromatic nitrogens is 3. The lowest BCUT2D eigenvalue weighted by Crippen LogP contribution is -2.17. The van der Waals surface area contributed by atoms with Crippen molar-refractivity contribution in [3.63, 3.8) is 0 Å². The lowest BCUT2D eigenvalue weighted by molar-refractivity contribution is 0.102. The number of pyridine rings is 1. The van der Waals surface area contributed by atoms with Crippen LogP contribution in [0.1, 0.15) is 10.5 Å².